The molecule has 2 aliphatic rings. The molecular formula is C42H51N9O7. The lowest BCUT2D eigenvalue weighted by molar-refractivity contribution is 0.0382. The fourth-order valence-corrected chi connectivity index (χ4v) is 6.45. The maximum Gasteiger partial charge on any atom is 0.255 e. The van der Waals surface area contributed by atoms with Gasteiger partial charge in [-0.25, -0.2) is 4.98 Å². The van der Waals surface area contributed by atoms with Gasteiger partial charge in [-0.1, -0.05) is 24.3 Å². The van der Waals surface area contributed by atoms with Gasteiger partial charge < -0.3 is 51.1 Å². The van der Waals surface area contributed by atoms with Gasteiger partial charge in [0.2, 0.25) is 11.8 Å². The lowest BCUT2D eigenvalue weighted by Gasteiger charge is -2.26. The standard InChI is InChI=1S/C28H30N6O4.C14H21N3O3/c1-36-24-8-6-19(18-22(24)27(35)30-12-13-34-14-16-37-17-15-34)32-28-31-11-10-26(33-28)38-25-9-7-23(29)20-4-2-3-5-21(20)25;1-19-13-3-2-11(15)10-12(13)14(18)16-4-5-17-6-8-20-9-7-17/h2-11,18H,12-17,29H2,1H3,(H,30,35)(H,31,32,33);2-3,10H,4-9,15H2,1H3,(H,16,18). The van der Waals surface area contributed by atoms with Gasteiger partial charge in [0.25, 0.3) is 11.8 Å². The van der Waals surface area contributed by atoms with Gasteiger partial charge in [-0.3, -0.25) is 19.4 Å². The van der Waals surface area contributed by atoms with Crippen LogP contribution in [0.15, 0.2) is 85.1 Å². The number of fused-ring (bicyclic) bond motifs is 1. The summed E-state index contributed by atoms with van der Waals surface area (Å²) in [5.41, 5.74) is 14.6. The molecule has 7 rings (SSSR count). The van der Waals surface area contributed by atoms with Crippen LogP contribution < -0.4 is 41.6 Å². The maximum absolute atomic E-state index is 12.9. The first-order valence-electron chi connectivity index (χ1n) is 19.1. The Kier molecular flexibility index (Phi) is 14.9. The fourth-order valence-electron chi connectivity index (χ4n) is 6.45. The van der Waals surface area contributed by atoms with Crippen molar-refractivity contribution in [3.8, 4) is 23.1 Å². The summed E-state index contributed by atoms with van der Waals surface area (Å²) in [6, 6.07) is 23.4. The number of amides is 2. The van der Waals surface area contributed by atoms with Gasteiger partial charge in [-0.2, -0.15) is 4.98 Å². The van der Waals surface area contributed by atoms with E-state index in [-0.39, 0.29) is 11.8 Å². The molecule has 5 aromatic rings. The van der Waals surface area contributed by atoms with Crippen LogP contribution in [-0.2, 0) is 9.47 Å². The van der Waals surface area contributed by atoms with Gasteiger partial charge in [-0.05, 0) is 48.5 Å². The second-order valence-electron chi connectivity index (χ2n) is 13.4. The van der Waals surface area contributed by atoms with Gasteiger partial charge in [0.05, 0.1) is 51.8 Å². The SMILES string of the molecule is COc1ccc(N)cc1C(=O)NCCN1CCOCC1.COc1ccc(Nc2nccc(Oc3ccc(N)c4ccccc34)n2)cc1C(=O)NCCN1CCOCC1. The Balaban J connectivity index is 0.000000239. The average molecular weight is 794 g/mol. The monoisotopic (exact) mass is 793 g/mol. The van der Waals surface area contributed by atoms with Gasteiger partial charge >= 0.3 is 0 Å². The summed E-state index contributed by atoms with van der Waals surface area (Å²) < 4.78 is 27.3. The zero-order valence-electron chi connectivity index (χ0n) is 32.9. The van der Waals surface area contributed by atoms with E-state index >= 15 is 0 Å². The highest BCUT2D eigenvalue weighted by Crippen LogP contribution is 2.33. The summed E-state index contributed by atoms with van der Waals surface area (Å²) in [4.78, 5) is 38.4. The second-order valence-corrected chi connectivity index (χ2v) is 13.4. The molecule has 4 aromatic carbocycles. The van der Waals surface area contributed by atoms with Crippen LogP contribution >= 0.6 is 0 Å². The first-order valence-corrected chi connectivity index (χ1v) is 19.1. The zero-order valence-corrected chi connectivity index (χ0v) is 32.9. The summed E-state index contributed by atoms with van der Waals surface area (Å²) in [6.07, 6.45) is 1.60. The van der Waals surface area contributed by atoms with Crippen molar-refractivity contribution in [2.45, 2.75) is 0 Å². The number of ether oxygens (including phenoxy) is 5. The summed E-state index contributed by atoms with van der Waals surface area (Å²) in [7, 11) is 3.08. The highest BCUT2D eigenvalue weighted by atomic mass is 16.5. The third kappa shape index (κ3) is 11.4. The summed E-state index contributed by atoms with van der Waals surface area (Å²) in [5, 5.41) is 10.8. The van der Waals surface area contributed by atoms with Crippen LogP contribution in [0.5, 0.6) is 23.1 Å². The lowest BCUT2D eigenvalue weighted by atomic mass is 10.1. The van der Waals surface area contributed by atoms with Crippen LogP contribution in [0.3, 0.4) is 0 Å². The molecule has 0 atom stereocenters. The number of anilines is 4. The molecule has 58 heavy (non-hydrogen) atoms. The second kappa shape index (κ2) is 20.8. The van der Waals surface area contributed by atoms with E-state index in [1.165, 1.54) is 14.2 Å². The molecule has 0 bridgehead atoms. The molecule has 2 saturated heterocycles. The third-order valence-electron chi connectivity index (χ3n) is 9.57. The first kappa shape index (κ1) is 41.4. The van der Waals surface area contributed by atoms with Crippen molar-refractivity contribution in [2.24, 2.45) is 0 Å². The zero-order chi connectivity index (χ0) is 40.7. The molecule has 16 nitrogen and oxygen atoms in total. The molecule has 16 heteroatoms. The summed E-state index contributed by atoms with van der Waals surface area (Å²) >= 11 is 0. The number of carbonyl (C=O) groups is 2. The minimum Gasteiger partial charge on any atom is -0.496 e. The first-order chi connectivity index (χ1) is 28.3. The Hall–Kier alpha value is -6.20. The minimum atomic E-state index is -0.216. The smallest absolute Gasteiger partial charge is 0.255 e. The minimum absolute atomic E-state index is 0.164. The number of nitrogens with one attached hydrogen (secondary N) is 3. The molecule has 2 amide bonds. The molecule has 0 spiro atoms. The number of hydrogen-bond donors (Lipinski definition) is 5. The highest BCUT2D eigenvalue weighted by Gasteiger charge is 2.17. The number of morpholine rings is 2. The number of carbonyl (C=O) groups excluding carboxylic acids is 2. The van der Waals surface area contributed by atoms with Crippen molar-refractivity contribution < 1.29 is 33.3 Å². The van der Waals surface area contributed by atoms with Crippen LogP contribution in [0.2, 0.25) is 0 Å². The highest BCUT2D eigenvalue weighted by molar-refractivity contribution is 5.99. The fraction of sp³-hybridized carbons (Fsp3) is 0.333. The lowest BCUT2D eigenvalue weighted by Crippen LogP contribution is -2.41. The van der Waals surface area contributed by atoms with Crippen molar-refractivity contribution >= 4 is 45.6 Å². The van der Waals surface area contributed by atoms with Gasteiger partial charge in [-0.15, -0.1) is 0 Å². The largest absolute Gasteiger partial charge is 0.496 e. The van der Waals surface area contributed by atoms with E-state index in [2.05, 4.69) is 35.7 Å². The van der Waals surface area contributed by atoms with Crippen molar-refractivity contribution in [3.05, 3.63) is 96.2 Å². The van der Waals surface area contributed by atoms with Crippen molar-refractivity contribution in [1.29, 1.82) is 0 Å². The Labute approximate surface area is 337 Å². The van der Waals surface area contributed by atoms with Crippen molar-refractivity contribution in [3.63, 3.8) is 0 Å². The van der Waals surface area contributed by atoms with E-state index in [9.17, 15) is 9.59 Å². The number of nitrogen functional groups attached to an aromatic ring is 2. The molecule has 0 saturated carbocycles. The van der Waals surface area contributed by atoms with Crippen LogP contribution in [-0.4, -0.2) is 125 Å². The molecular weight excluding hydrogens is 743 g/mol. The Morgan fingerprint density at radius 1 is 0.707 bits per heavy atom. The number of benzene rings is 4. The van der Waals surface area contributed by atoms with Crippen LogP contribution in [0.25, 0.3) is 10.8 Å². The van der Waals surface area contributed by atoms with Crippen molar-refractivity contribution in [2.75, 3.05) is 110 Å². The Morgan fingerprint density at radius 2 is 1.28 bits per heavy atom. The number of rotatable bonds is 14. The number of nitrogens with two attached hydrogens (primary N) is 2. The van der Waals surface area contributed by atoms with Crippen LogP contribution in [0.1, 0.15) is 20.7 Å². The van der Waals surface area contributed by atoms with E-state index in [1.54, 1.807) is 48.7 Å². The number of aromatic nitrogens is 2. The number of methoxy groups -OCH3 is 2. The van der Waals surface area contributed by atoms with Gasteiger partial charge in [0, 0.05) is 92.5 Å². The van der Waals surface area contributed by atoms with Gasteiger partial charge in [0.1, 0.15) is 17.2 Å². The normalized spacial score (nSPS) is 14.4. The summed E-state index contributed by atoms with van der Waals surface area (Å²) in [6.45, 7) is 9.24. The van der Waals surface area contributed by atoms with Crippen LogP contribution in [0, 0.1) is 0 Å². The molecule has 3 heterocycles. The van der Waals surface area contributed by atoms with E-state index < -0.39 is 0 Å². The van der Waals surface area contributed by atoms with E-state index in [0.717, 1.165) is 76.5 Å². The van der Waals surface area contributed by atoms with E-state index in [0.29, 0.717) is 70.4 Å². The quantitative estimate of drug-likeness (QED) is 0.100. The predicted octanol–water partition coefficient (Wildman–Crippen LogP) is 4.16. The molecule has 0 radical (unpaired) electrons. The molecule has 0 unspecified atom stereocenters. The molecule has 306 valence electrons. The molecule has 7 N–H and O–H groups in total. The predicted molar refractivity (Wildman–Crippen MR) is 223 cm³/mol. The van der Waals surface area contributed by atoms with Gasteiger partial charge in [0.15, 0.2) is 0 Å². The number of hydrogen-bond acceptors (Lipinski definition) is 14. The third-order valence-corrected chi connectivity index (χ3v) is 9.57. The molecule has 1 aromatic heterocycles. The molecule has 2 fully saturated rings. The molecule has 0 aliphatic carbocycles. The number of nitrogens with zero attached hydrogens (tertiary/aromatic N) is 4. The Bertz CT molecular complexity index is 2140. The maximum atomic E-state index is 12.9. The Morgan fingerprint density at radius 3 is 1.90 bits per heavy atom. The van der Waals surface area contributed by atoms with Crippen LogP contribution in [0.4, 0.5) is 23.0 Å². The molecule has 2 aliphatic heterocycles. The topological polar surface area (TPSA) is 201 Å². The summed E-state index contributed by atoms with van der Waals surface area (Å²) in [5.74, 6) is 1.96. The van der Waals surface area contributed by atoms with Crippen molar-refractivity contribution in [1.82, 2.24) is 30.4 Å². The van der Waals surface area contributed by atoms with E-state index in [4.69, 9.17) is 35.2 Å². The average Bonchev–Trinajstić information content (AvgIpc) is 3.26. The van der Waals surface area contributed by atoms with E-state index in [1.807, 2.05) is 36.4 Å².